The molecule has 1 heterocycles. The molecule has 2 aliphatic rings. The Hall–Kier alpha value is -4.27. The normalized spacial score (nSPS) is 21.3. The Morgan fingerprint density at radius 3 is 1.84 bits per heavy atom. The zero-order valence-electron chi connectivity index (χ0n) is 25.3. The Morgan fingerprint density at radius 2 is 1.18 bits per heavy atom. The van der Waals surface area contributed by atoms with Gasteiger partial charge in [-0.25, -0.2) is 0 Å². The van der Waals surface area contributed by atoms with E-state index in [2.05, 4.69) is 157 Å². The van der Waals surface area contributed by atoms with Crippen molar-refractivity contribution in [1.82, 2.24) is 0 Å². The van der Waals surface area contributed by atoms with Crippen molar-refractivity contribution in [3.63, 3.8) is 0 Å². The molecule has 0 N–H and O–H groups in total. The maximum absolute atomic E-state index is 2.68. The average molecular weight is 586 g/mol. The predicted molar refractivity (Wildman–Crippen MR) is 192 cm³/mol. The summed E-state index contributed by atoms with van der Waals surface area (Å²) in [6, 6.07) is 47.9. The first-order valence-corrected chi connectivity index (χ1v) is 17.2. The second-order valence-electron chi connectivity index (χ2n) is 12.9. The predicted octanol–water partition coefficient (Wildman–Crippen LogP) is 12.0. The van der Waals surface area contributed by atoms with Crippen LogP contribution in [-0.4, -0.2) is 11.8 Å². The summed E-state index contributed by atoms with van der Waals surface area (Å²) in [4.78, 5) is 2.68. The fourth-order valence-electron chi connectivity index (χ4n) is 8.87. The molecule has 1 aliphatic heterocycles. The highest BCUT2D eigenvalue weighted by atomic mass is 32.2. The van der Waals surface area contributed by atoms with Crippen molar-refractivity contribution >= 4 is 55.5 Å². The van der Waals surface area contributed by atoms with Crippen molar-refractivity contribution in [2.45, 2.75) is 42.9 Å². The molecule has 0 spiro atoms. The minimum atomic E-state index is 0.0312. The molecule has 2 heteroatoms. The van der Waals surface area contributed by atoms with Crippen LogP contribution in [0.25, 0.3) is 54.6 Å². The van der Waals surface area contributed by atoms with E-state index in [4.69, 9.17) is 0 Å². The van der Waals surface area contributed by atoms with Gasteiger partial charge in [-0.05, 0) is 110 Å². The Kier molecular flexibility index (Phi) is 5.72. The molecule has 1 aliphatic carbocycles. The van der Waals surface area contributed by atoms with Crippen LogP contribution < -0.4 is 4.90 Å². The molecule has 7 aromatic rings. The van der Waals surface area contributed by atoms with Gasteiger partial charge >= 0.3 is 0 Å². The molecule has 44 heavy (non-hydrogen) atoms. The second kappa shape index (κ2) is 9.61. The Morgan fingerprint density at radius 1 is 0.591 bits per heavy atom. The molecule has 0 bridgehead atoms. The van der Waals surface area contributed by atoms with Crippen molar-refractivity contribution in [3.8, 4) is 22.3 Å². The van der Waals surface area contributed by atoms with Crippen molar-refractivity contribution in [1.29, 1.82) is 0 Å². The van der Waals surface area contributed by atoms with E-state index in [1.807, 2.05) is 0 Å². The van der Waals surface area contributed by atoms with E-state index in [-0.39, 0.29) is 10.3 Å². The summed E-state index contributed by atoms with van der Waals surface area (Å²) < 4.78 is 0.0564. The molecule has 7 aromatic carbocycles. The summed E-state index contributed by atoms with van der Waals surface area (Å²) in [5.41, 5.74) is 9.44. The molecule has 0 saturated heterocycles. The zero-order valence-corrected chi connectivity index (χ0v) is 26.1. The van der Waals surface area contributed by atoms with E-state index in [1.165, 1.54) is 97.2 Å². The number of hydrogen-bond donors (Lipinski definition) is 0. The highest BCUT2D eigenvalue weighted by Gasteiger charge is 2.60. The molecule has 9 rings (SSSR count). The summed E-state index contributed by atoms with van der Waals surface area (Å²) in [6.45, 7) is 2.52. The lowest BCUT2D eigenvalue weighted by Gasteiger charge is -2.51. The number of nitrogens with zero attached hydrogens (tertiary/aromatic N) is 1. The lowest BCUT2D eigenvalue weighted by molar-refractivity contribution is 0.262. The van der Waals surface area contributed by atoms with Crippen LogP contribution in [0.2, 0.25) is 0 Å². The first kappa shape index (κ1) is 26.2. The van der Waals surface area contributed by atoms with Crippen molar-refractivity contribution < 1.29 is 0 Å². The van der Waals surface area contributed by atoms with Gasteiger partial charge in [-0.1, -0.05) is 116 Å². The van der Waals surface area contributed by atoms with Crippen molar-refractivity contribution in [2.24, 2.45) is 0 Å². The lowest BCUT2D eigenvalue weighted by Crippen LogP contribution is -2.54. The van der Waals surface area contributed by atoms with Gasteiger partial charge in [0, 0.05) is 11.4 Å². The third-order valence-corrected chi connectivity index (χ3v) is 12.5. The third kappa shape index (κ3) is 3.44. The van der Waals surface area contributed by atoms with Crippen LogP contribution in [0.4, 0.5) is 11.4 Å². The topological polar surface area (TPSA) is 3.24 Å². The van der Waals surface area contributed by atoms with E-state index < -0.39 is 0 Å². The molecule has 0 aromatic heterocycles. The fraction of sp³-hybridized carbons (Fsp3) is 0.190. The Balaban J connectivity index is 1.28. The molecule has 0 radical (unpaired) electrons. The number of para-hydroxylation sites is 1. The highest BCUT2D eigenvalue weighted by Crippen LogP contribution is 2.65. The zero-order chi connectivity index (χ0) is 29.5. The monoisotopic (exact) mass is 585 g/mol. The summed E-state index contributed by atoms with van der Waals surface area (Å²) in [5, 5.41) is 8.04. The first-order valence-electron chi connectivity index (χ1n) is 15.9. The molecule has 214 valence electrons. The fourth-order valence-corrected chi connectivity index (χ4v) is 10.2. The van der Waals surface area contributed by atoms with Crippen LogP contribution in [0.15, 0.2) is 127 Å². The van der Waals surface area contributed by atoms with Gasteiger partial charge < -0.3 is 4.90 Å². The SMILES string of the molecule is CSC12CCCCC1(C)N(c1ccccc1)c1ccc(-c3ccc4ccc5c(-c6ccccc6)ccc6ccc3c4c65)cc12. The molecular formula is C42H35NS. The maximum atomic E-state index is 2.68. The number of anilines is 2. The van der Waals surface area contributed by atoms with Crippen molar-refractivity contribution in [2.75, 3.05) is 11.2 Å². The molecule has 1 nitrogen and oxygen atoms in total. The minimum Gasteiger partial charge on any atom is -0.334 e. The highest BCUT2D eigenvalue weighted by molar-refractivity contribution is 7.99. The van der Waals surface area contributed by atoms with Gasteiger partial charge in [-0.3, -0.25) is 0 Å². The summed E-state index contributed by atoms with van der Waals surface area (Å²) in [7, 11) is 0. The number of fused-ring (bicyclic) bond motifs is 3. The maximum Gasteiger partial charge on any atom is 0.0658 e. The molecule has 1 saturated carbocycles. The van der Waals surface area contributed by atoms with Crippen LogP contribution >= 0.6 is 11.8 Å². The van der Waals surface area contributed by atoms with Crippen LogP contribution in [0, 0.1) is 0 Å². The van der Waals surface area contributed by atoms with Gasteiger partial charge in [0.25, 0.3) is 0 Å². The number of thioether (sulfide) groups is 1. The molecular weight excluding hydrogens is 551 g/mol. The summed E-state index contributed by atoms with van der Waals surface area (Å²) in [6.07, 6.45) is 7.32. The molecule has 2 atom stereocenters. The van der Waals surface area contributed by atoms with Crippen molar-refractivity contribution in [3.05, 3.63) is 133 Å². The summed E-state index contributed by atoms with van der Waals surface area (Å²) in [5.74, 6) is 0. The quantitative estimate of drug-likeness (QED) is 0.189. The van der Waals surface area contributed by atoms with Crippen LogP contribution in [0.3, 0.4) is 0 Å². The van der Waals surface area contributed by atoms with E-state index >= 15 is 0 Å². The molecule has 1 fully saturated rings. The Labute approximate surface area is 263 Å². The van der Waals surface area contributed by atoms with Crippen LogP contribution in [0.5, 0.6) is 0 Å². The average Bonchev–Trinajstić information content (AvgIpc) is 3.32. The number of rotatable bonds is 4. The Bertz CT molecular complexity index is 2190. The van der Waals surface area contributed by atoms with E-state index in [1.54, 1.807) is 0 Å². The van der Waals surface area contributed by atoms with Crippen LogP contribution in [-0.2, 0) is 4.75 Å². The number of hydrogen-bond acceptors (Lipinski definition) is 2. The molecule has 0 amide bonds. The van der Waals surface area contributed by atoms with Gasteiger partial charge in [-0.2, -0.15) is 11.8 Å². The summed E-state index contributed by atoms with van der Waals surface area (Å²) >= 11 is 2.08. The van der Waals surface area contributed by atoms with Crippen LogP contribution in [0.1, 0.15) is 38.2 Å². The van der Waals surface area contributed by atoms with E-state index in [0.29, 0.717) is 0 Å². The number of benzene rings is 7. The minimum absolute atomic E-state index is 0.0312. The second-order valence-corrected chi connectivity index (χ2v) is 14.0. The van der Waals surface area contributed by atoms with Gasteiger partial charge in [0.15, 0.2) is 0 Å². The third-order valence-electron chi connectivity index (χ3n) is 10.9. The smallest absolute Gasteiger partial charge is 0.0658 e. The molecule has 2 unspecified atom stereocenters. The van der Waals surface area contributed by atoms with Gasteiger partial charge in [-0.15, -0.1) is 0 Å². The van der Waals surface area contributed by atoms with Gasteiger partial charge in [0.05, 0.1) is 10.3 Å². The van der Waals surface area contributed by atoms with Gasteiger partial charge in [0.2, 0.25) is 0 Å². The van der Waals surface area contributed by atoms with Gasteiger partial charge in [0.1, 0.15) is 0 Å². The van der Waals surface area contributed by atoms with E-state index in [0.717, 1.165) is 0 Å². The lowest BCUT2D eigenvalue weighted by atomic mass is 9.71. The standard InChI is InChI=1S/C42H35NS/c1-41-25-9-10-26-42(41,44-2)37-27-31(19-24-38(37)43(41)32-13-7-4-8-14-32)34-21-16-30-17-22-35-33(28-11-5-3-6-12-28)20-15-29-18-23-36(34)40(30)39(29)35/h3-8,11-24,27H,9-10,25-26H2,1-2H3. The largest absolute Gasteiger partial charge is 0.334 e. The van der Waals surface area contributed by atoms with E-state index in [9.17, 15) is 0 Å². The first-order chi connectivity index (χ1) is 21.6.